The van der Waals surface area contributed by atoms with Crippen molar-refractivity contribution < 1.29 is 4.55 Å². The van der Waals surface area contributed by atoms with Crippen molar-refractivity contribution in [1.29, 1.82) is 0 Å². The Bertz CT molecular complexity index is 550. The number of rotatable bonds is 6. The van der Waals surface area contributed by atoms with E-state index < -0.39 is 11.2 Å². The third-order valence-corrected chi connectivity index (χ3v) is 4.67. The monoisotopic (exact) mass is 282 g/mol. The average Bonchev–Trinajstić information content (AvgIpc) is 2.48. The van der Waals surface area contributed by atoms with Crippen molar-refractivity contribution in [2.75, 3.05) is 0 Å². The minimum atomic E-state index is -1.17. The molecule has 0 unspecified atom stereocenters. The maximum Gasteiger partial charge on any atom is 0.161 e. The molecule has 0 aliphatic carbocycles. The molecule has 1 nitrogen and oxygen atoms in total. The molecular weight excluding hydrogens is 264 g/mol. The van der Waals surface area contributed by atoms with Crippen LogP contribution in [0, 0.1) is 0 Å². The van der Waals surface area contributed by atoms with Gasteiger partial charge in [0, 0.05) is 22.3 Å². The highest BCUT2D eigenvalue weighted by Gasteiger charge is 2.20. The molecule has 0 aliphatic heterocycles. The van der Waals surface area contributed by atoms with Crippen molar-refractivity contribution in [3.63, 3.8) is 0 Å². The third-order valence-electron chi connectivity index (χ3n) is 3.07. The SMILES string of the molecule is C=CCc1ccccc1[S+]([O-])c1ccccc1CC=C. The van der Waals surface area contributed by atoms with Gasteiger partial charge < -0.3 is 4.55 Å². The molecule has 0 bridgehead atoms. The second kappa shape index (κ2) is 7.13. The number of benzene rings is 2. The Hall–Kier alpha value is -1.77. The standard InChI is InChI=1S/C18H18OS/c1-3-9-15-11-5-7-13-17(15)20(19)18-14-8-6-12-16(18)10-4-2/h3-8,11-14H,1-2,9-10H2. The smallest absolute Gasteiger partial charge is 0.161 e. The van der Waals surface area contributed by atoms with Crippen LogP contribution in [0.3, 0.4) is 0 Å². The van der Waals surface area contributed by atoms with Crippen molar-refractivity contribution in [1.82, 2.24) is 0 Å². The largest absolute Gasteiger partial charge is 0.606 e. The lowest BCUT2D eigenvalue weighted by Gasteiger charge is -2.15. The van der Waals surface area contributed by atoms with Gasteiger partial charge in [0.2, 0.25) is 0 Å². The molecule has 2 aromatic carbocycles. The van der Waals surface area contributed by atoms with Crippen LogP contribution in [-0.4, -0.2) is 4.55 Å². The zero-order valence-corrected chi connectivity index (χ0v) is 12.2. The molecule has 102 valence electrons. The predicted octanol–water partition coefficient (Wildman–Crippen LogP) is 4.31. The summed E-state index contributed by atoms with van der Waals surface area (Å²) in [5, 5.41) is 0. The summed E-state index contributed by atoms with van der Waals surface area (Å²) in [4.78, 5) is 1.73. The molecule has 0 amide bonds. The van der Waals surface area contributed by atoms with E-state index in [0.717, 1.165) is 33.8 Å². The minimum absolute atomic E-state index is 0.728. The topological polar surface area (TPSA) is 23.1 Å². The van der Waals surface area contributed by atoms with Crippen molar-refractivity contribution in [2.45, 2.75) is 22.6 Å². The highest BCUT2D eigenvalue weighted by Crippen LogP contribution is 2.27. The number of hydrogen-bond donors (Lipinski definition) is 0. The van der Waals surface area contributed by atoms with Crippen molar-refractivity contribution in [3.8, 4) is 0 Å². The molecule has 0 aromatic heterocycles. The fraction of sp³-hybridized carbons (Fsp3) is 0.111. The molecule has 0 atom stereocenters. The van der Waals surface area contributed by atoms with Gasteiger partial charge in [-0.25, -0.2) is 0 Å². The summed E-state index contributed by atoms with van der Waals surface area (Å²) in [7, 11) is 0. The second-order valence-corrected chi connectivity index (χ2v) is 5.89. The first-order valence-electron chi connectivity index (χ1n) is 6.57. The lowest BCUT2D eigenvalue weighted by molar-refractivity contribution is 0.593. The van der Waals surface area contributed by atoms with Crippen molar-refractivity contribution >= 4 is 11.2 Å². The van der Waals surface area contributed by atoms with Crippen LogP contribution in [-0.2, 0) is 24.0 Å². The molecule has 0 fully saturated rings. The summed E-state index contributed by atoms with van der Waals surface area (Å²) in [5.41, 5.74) is 2.13. The summed E-state index contributed by atoms with van der Waals surface area (Å²) < 4.78 is 12.9. The molecule has 0 aliphatic rings. The van der Waals surface area contributed by atoms with Gasteiger partial charge in [-0.1, -0.05) is 48.6 Å². The molecule has 0 saturated carbocycles. The van der Waals surface area contributed by atoms with Gasteiger partial charge in [-0.15, -0.1) is 13.2 Å². The predicted molar refractivity (Wildman–Crippen MR) is 85.4 cm³/mol. The summed E-state index contributed by atoms with van der Waals surface area (Å²) in [6, 6.07) is 15.7. The van der Waals surface area contributed by atoms with Gasteiger partial charge in [0.05, 0.1) is 0 Å². The first kappa shape index (κ1) is 14.6. The Labute approximate surface area is 123 Å². The Morgan fingerprint density at radius 2 is 1.20 bits per heavy atom. The third kappa shape index (κ3) is 3.21. The molecular formula is C18H18OS. The molecule has 0 spiro atoms. The first-order valence-corrected chi connectivity index (χ1v) is 7.72. The molecule has 2 aromatic rings. The summed E-state index contributed by atoms with van der Waals surface area (Å²) in [5.74, 6) is 0. The molecule has 0 heterocycles. The minimum Gasteiger partial charge on any atom is -0.606 e. The van der Waals surface area contributed by atoms with E-state index in [0.29, 0.717) is 0 Å². The second-order valence-electron chi connectivity index (χ2n) is 4.47. The van der Waals surface area contributed by atoms with E-state index in [4.69, 9.17) is 0 Å². The van der Waals surface area contributed by atoms with Crippen LogP contribution < -0.4 is 0 Å². The quantitative estimate of drug-likeness (QED) is 0.572. The van der Waals surface area contributed by atoms with Crippen LogP contribution in [0.25, 0.3) is 0 Å². The first-order chi connectivity index (χ1) is 9.77. The summed E-state index contributed by atoms with van der Waals surface area (Å²) in [6.07, 6.45) is 5.13. The Kier molecular flexibility index (Phi) is 5.22. The van der Waals surface area contributed by atoms with Crippen LogP contribution in [0.15, 0.2) is 83.6 Å². The van der Waals surface area contributed by atoms with Gasteiger partial charge >= 0.3 is 0 Å². The van der Waals surface area contributed by atoms with Gasteiger partial charge in [0.25, 0.3) is 0 Å². The lowest BCUT2D eigenvalue weighted by Crippen LogP contribution is -2.08. The molecule has 2 rings (SSSR count). The van der Waals surface area contributed by atoms with E-state index in [2.05, 4.69) is 13.2 Å². The highest BCUT2D eigenvalue weighted by atomic mass is 32.2. The fourth-order valence-corrected chi connectivity index (χ4v) is 3.56. The molecule has 2 heteroatoms. The van der Waals surface area contributed by atoms with Crippen LogP contribution >= 0.6 is 0 Å². The normalized spacial score (nSPS) is 10.5. The van der Waals surface area contributed by atoms with Crippen LogP contribution in [0.5, 0.6) is 0 Å². The van der Waals surface area contributed by atoms with Gasteiger partial charge in [-0.05, 0) is 25.0 Å². The van der Waals surface area contributed by atoms with Crippen molar-refractivity contribution in [3.05, 3.63) is 85.0 Å². The van der Waals surface area contributed by atoms with Gasteiger partial charge in [-0.3, -0.25) is 0 Å². The van der Waals surface area contributed by atoms with E-state index >= 15 is 0 Å². The van der Waals surface area contributed by atoms with Gasteiger partial charge in [0.15, 0.2) is 9.79 Å². The van der Waals surface area contributed by atoms with E-state index in [9.17, 15) is 4.55 Å². The Morgan fingerprint density at radius 3 is 1.60 bits per heavy atom. The molecule has 0 N–H and O–H groups in total. The van der Waals surface area contributed by atoms with Crippen LogP contribution in [0.2, 0.25) is 0 Å². The average molecular weight is 282 g/mol. The van der Waals surface area contributed by atoms with E-state index in [-0.39, 0.29) is 0 Å². The van der Waals surface area contributed by atoms with Gasteiger partial charge in [-0.2, -0.15) is 0 Å². The zero-order valence-electron chi connectivity index (χ0n) is 11.4. The number of allylic oxidation sites excluding steroid dienone is 2. The van der Waals surface area contributed by atoms with E-state index in [1.165, 1.54) is 0 Å². The Morgan fingerprint density at radius 1 is 0.800 bits per heavy atom. The van der Waals surface area contributed by atoms with E-state index in [1.807, 2.05) is 60.7 Å². The maximum absolute atomic E-state index is 12.9. The van der Waals surface area contributed by atoms with Gasteiger partial charge in [0.1, 0.15) is 0 Å². The Balaban J connectivity index is 2.43. The summed E-state index contributed by atoms with van der Waals surface area (Å²) >= 11 is -1.17. The maximum atomic E-state index is 12.9. The highest BCUT2D eigenvalue weighted by molar-refractivity contribution is 7.91. The molecule has 20 heavy (non-hydrogen) atoms. The number of hydrogen-bond acceptors (Lipinski definition) is 1. The van der Waals surface area contributed by atoms with E-state index in [1.54, 1.807) is 0 Å². The summed E-state index contributed by atoms with van der Waals surface area (Å²) in [6.45, 7) is 7.53. The molecule has 0 radical (unpaired) electrons. The lowest BCUT2D eigenvalue weighted by atomic mass is 10.1. The van der Waals surface area contributed by atoms with Crippen molar-refractivity contribution in [2.24, 2.45) is 0 Å². The molecule has 0 saturated heterocycles. The zero-order chi connectivity index (χ0) is 14.4. The van der Waals surface area contributed by atoms with Crippen LogP contribution in [0.4, 0.5) is 0 Å². The fourth-order valence-electron chi connectivity index (χ4n) is 2.14. The van der Waals surface area contributed by atoms with Crippen LogP contribution in [0.1, 0.15) is 11.1 Å².